The number of ether oxygens (including phenoxy) is 1. The van der Waals surface area contributed by atoms with Crippen LogP contribution in [0.1, 0.15) is 40.6 Å². The molecule has 162 valence electrons. The number of nitrogens with one attached hydrogen (secondary N) is 1. The highest BCUT2D eigenvalue weighted by atomic mass is 19.1. The first-order valence-corrected chi connectivity index (χ1v) is 9.89. The number of aromatic hydroxyl groups is 1. The van der Waals surface area contributed by atoms with Crippen molar-refractivity contribution in [2.45, 2.75) is 38.6 Å². The maximum Gasteiger partial charge on any atom is 0.276 e. The summed E-state index contributed by atoms with van der Waals surface area (Å²) < 4.78 is 34.1. The number of hydrogen-bond donors (Lipinski definition) is 2. The van der Waals surface area contributed by atoms with Gasteiger partial charge in [-0.2, -0.15) is 0 Å². The standard InChI is InChI=1S/C21H19F2N3O5/c1-10-21(4-5-21)9-31-15-8-25-7-12(17(27)18(28)16(25)20(30)26(10)15)19(29)24-14-3-2-11(22)6-13(14)23/h2-3,6-7,10,15,28H,4-5,8-9H2,1H3,(H,24,29)/t10-,15+/m1/s1. The Morgan fingerprint density at radius 3 is 2.71 bits per heavy atom. The zero-order valence-corrected chi connectivity index (χ0v) is 16.5. The van der Waals surface area contributed by atoms with Crippen molar-refractivity contribution in [1.82, 2.24) is 9.47 Å². The zero-order chi connectivity index (χ0) is 22.1. The van der Waals surface area contributed by atoms with Gasteiger partial charge in [-0.1, -0.05) is 0 Å². The summed E-state index contributed by atoms with van der Waals surface area (Å²) in [5.41, 5.74) is -2.14. The summed E-state index contributed by atoms with van der Waals surface area (Å²) >= 11 is 0. The molecule has 2 aromatic rings. The molecule has 2 atom stereocenters. The molecular weight excluding hydrogens is 412 g/mol. The number of pyridine rings is 1. The predicted octanol–water partition coefficient (Wildman–Crippen LogP) is 2.07. The molecule has 1 spiro atoms. The quantitative estimate of drug-likeness (QED) is 0.758. The second kappa shape index (κ2) is 6.61. The number of halogens is 2. The number of anilines is 1. The number of fused-ring (bicyclic) bond motifs is 2. The average Bonchev–Trinajstić information content (AvgIpc) is 3.50. The van der Waals surface area contributed by atoms with Crippen LogP contribution in [0.4, 0.5) is 14.5 Å². The molecule has 1 saturated carbocycles. The number of rotatable bonds is 2. The second-order valence-corrected chi connectivity index (χ2v) is 8.32. The first-order chi connectivity index (χ1) is 14.7. The molecule has 1 aromatic carbocycles. The van der Waals surface area contributed by atoms with Crippen LogP contribution in [0.15, 0.2) is 29.2 Å². The largest absolute Gasteiger partial charge is 0.503 e. The van der Waals surface area contributed by atoms with Gasteiger partial charge in [-0.05, 0) is 31.9 Å². The molecule has 0 unspecified atom stereocenters. The second-order valence-electron chi connectivity index (χ2n) is 8.32. The topological polar surface area (TPSA) is 101 Å². The van der Waals surface area contributed by atoms with Crippen LogP contribution in [0.5, 0.6) is 5.75 Å². The van der Waals surface area contributed by atoms with Crippen LogP contribution >= 0.6 is 0 Å². The third-order valence-corrected chi connectivity index (χ3v) is 6.54. The minimum Gasteiger partial charge on any atom is -0.503 e. The molecule has 2 amide bonds. The molecule has 10 heteroatoms. The van der Waals surface area contributed by atoms with Crippen molar-refractivity contribution in [2.75, 3.05) is 11.9 Å². The summed E-state index contributed by atoms with van der Waals surface area (Å²) in [7, 11) is 0. The molecule has 1 saturated heterocycles. The maximum atomic E-state index is 13.9. The molecule has 2 aliphatic heterocycles. The Kier molecular flexibility index (Phi) is 4.20. The molecule has 31 heavy (non-hydrogen) atoms. The third-order valence-electron chi connectivity index (χ3n) is 6.54. The molecule has 3 aliphatic rings. The van der Waals surface area contributed by atoms with Crippen molar-refractivity contribution >= 4 is 17.5 Å². The maximum absolute atomic E-state index is 13.9. The van der Waals surface area contributed by atoms with E-state index >= 15 is 0 Å². The van der Waals surface area contributed by atoms with Crippen molar-refractivity contribution < 1.29 is 28.2 Å². The van der Waals surface area contributed by atoms with Gasteiger partial charge in [0, 0.05) is 23.7 Å². The lowest BCUT2D eigenvalue weighted by molar-refractivity contribution is -0.145. The van der Waals surface area contributed by atoms with E-state index in [-0.39, 0.29) is 29.4 Å². The van der Waals surface area contributed by atoms with Gasteiger partial charge in [0.25, 0.3) is 11.8 Å². The van der Waals surface area contributed by atoms with Gasteiger partial charge in [-0.25, -0.2) is 8.78 Å². The van der Waals surface area contributed by atoms with Gasteiger partial charge in [0.15, 0.2) is 17.7 Å². The fraction of sp³-hybridized carbons (Fsp3) is 0.381. The van der Waals surface area contributed by atoms with Crippen LogP contribution in [-0.4, -0.2) is 45.3 Å². The molecule has 2 fully saturated rings. The van der Waals surface area contributed by atoms with Crippen molar-refractivity contribution in [3.05, 3.63) is 57.5 Å². The number of amides is 2. The predicted molar refractivity (Wildman–Crippen MR) is 104 cm³/mol. The molecule has 1 aliphatic carbocycles. The summed E-state index contributed by atoms with van der Waals surface area (Å²) in [6, 6.07) is 2.46. The smallest absolute Gasteiger partial charge is 0.276 e. The Hall–Kier alpha value is -3.27. The van der Waals surface area contributed by atoms with Crippen LogP contribution in [0, 0.1) is 17.0 Å². The Bertz CT molecular complexity index is 1190. The lowest BCUT2D eigenvalue weighted by atomic mass is 9.93. The van der Waals surface area contributed by atoms with Crippen molar-refractivity contribution in [3.8, 4) is 5.75 Å². The summed E-state index contributed by atoms with van der Waals surface area (Å²) in [6.07, 6.45) is 2.46. The fourth-order valence-corrected chi connectivity index (χ4v) is 4.43. The van der Waals surface area contributed by atoms with E-state index in [4.69, 9.17) is 4.74 Å². The van der Waals surface area contributed by atoms with Gasteiger partial charge in [0.1, 0.15) is 17.2 Å². The lowest BCUT2D eigenvalue weighted by Crippen LogP contribution is -2.60. The number of carbonyl (C=O) groups excluding carboxylic acids is 2. The zero-order valence-electron chi connectivity index (χ0n) is 16.5. The Morgan fingerprint density at radius 2 is 2.03 bits per heavy atom. The SMILES string of the molecule is C[C@H]1N2C(=O)c3c(O)c(=O)c(C(=O)Nc4ccc(F)cc4F)cn3C[C@@H]2OCC12CC2. The number of hydrogen-bond acceptors (Lipinski definition) is 5. The molecule has 0 radical (unpaired) electrons. The molecule has 2 N–H and O–H groups in total. The highest BCUT2D eigenvalue weighted by Crippen LogP contribution is 2.54. The third kappa shape index (κ3) is 2.93. The number of aromatic nitrogens is 1. The highest BCUT2D eigenvalue weighted by molar-refractivity contribution is 6.05. The fourth-order valence-electron chi connectivity index (χ4n) is 4.43. The molecule has 3 heterocycles. The summed E-state index contributed by atoms with van der Waals surface area (Å²) in [5, 5.41) is 12.7. The molecule has 5 rings (SSSR count). The van der Waals surface area contributed by atoms with Crippen LogP contribution in [0.2, 0.25) is 0 Å². The Balaban J connectivity index is 1.50. The van der Waals surface area contributed by atoms with E-state index in [1.165, 1.54) is 4.57 Å². The number of nitrogens with zero attached hydrogens (tertiary/aromatic N) is 2. The Labute approximate surface area is 175 Å². The van der Waals surface area contributed by atoms with Gasteiger partial charge in [0.05, 0.1) is 18.8 Å². The van der Waals surface area contributed by atoms with E-state index in [9.17, 15) is 28.3 Å². The molecule has 1 aromatic heterocycles. The van der Waals surface area contributed by atoms with Gasteiger partial charge < -0.3 is 24.6 Å². The first kappa shape index (κ1) is 19.7. The van der Waals surface area contributed by atoms with Gasteiger partial charge in [0.2, 0.25) is 5.43 Å². The molecule has 0 bridgehead atoms. The van der Waals surface area contributed by atoms with Crippen molar-refractivity contribution in [1.29, 1.82) is 0 Å². The van der Waals surface area contributed by atoms with Crippen molar-refractivity contribution in [2.24, 2.45) is 5.41 Å². The minimum atomic E-state index is -1.05. The summed E-state index contributed by atoms with van der Waals surface area (Å²) in [6.45, 7) is 2.58. The van der Waals surface area contributed by atoms with E-state index in [1.807, 2.05) is 6.92 Å². The van der Waals surface area contributed by atoms with E-state index < -0.39 is 46.4 Å². The first-order valence-electron chi connectivity index (χ1n) is 9.89. The number of benzene rings is 1. The monoisotopic (exact) mass is 431 g/mol. The van der Waals surface area contributed by atoms with Gasteiger partial charge >= 0.3 is 0 Å². The van der Waals surface area contributed by atoms with E-state index in [0.717, 1.165) is 31.2 Å². The van der Waals surface area contributed by atoms with Crippen LogP contribution in [-0.2, 0) is 11.3 Å². The normalized spacial score (nSPS) is 23.3. The van der Waals surface area contributed by atoms with E-state index in [2.05, 4.69) is 5.32 Å². The lowest BCUT2D eigenvalue weighted by Gasteiger charge is -2.48. The van der Waals surface area contributed by atoms with E-state index in [1.54, 1.807) is 4.90 Å². The number of carbonyl (C=O) groups is 2. The van der Waals surface area contributed by atoms with Crippen molar-refractivity contribution in [3.63, 3.8) is 0 Å². The minimum absolute atomic E-state index is 0.0801. The molecular formula is C21H19F2N3O5. The average molecular weight is 431 g/mol. The van der Waals surface area contributed by atoms with E-state index in [0.29, 0.717) is 12.7 Å². The van der Waals surface area contributed by atoms with Gasteiger partial charge in [-0.15, -0.1) is 0 Å². The molecule has 8 nitrogen and oxygen atoms in total. The Morgan fingerprint density at radius 1 is 1.29 bits per heavy atom. The van der Waals surface area contributed by atoms with Crippen LogP contribution in [0.25, 0.3) is 0 Å². The van der Waals surface area contributed by atoms with Gasteiger partial charge in [-0.3, -0.25) is 14.4 Å². The van der Waals surface area contributed by atoms with Crippen LogP contribution in [0.3, 0.4) is 0 Å². The highest BCUT2D eigenvalue weighted by Gasteiger charge is 2.57. The van der Waals surface area contributed by atoms with Crippen LogP contribution < -0.4 is 10.7 Å². The summed E-state index contributed by atoms with van der Waals surface area (Å²) in [5.74, 6) is -4.22. The summed E-state index contributed by atoms with van der Waals surface area (Å²) in [4.78, 5) is 39.9.